The smallest absolute Gasteiger partial charge is 0.465 e. The van der Waals surface area contributed by atoms with E-state index in [4.69, 9.17) is 11.6 Å². The summed E-state index contributed by atoms with van der Waals surface area (Å²) in [7, 11) is 2.82. The van der Waals surface area contributed by atoms with Crippen LogP contribution < -0.4 is 15.0 Å². The zero-order chi connectivity index (χ0) is 24.2. The van der Waals surface area contributed by atoms with Crippen molar-refractivity contribution in [1.82, 2.24) is 0 Å². The zero-order valence-corrected chi connectivity index (χ0v) is 19.0. The van der Waals surface area contributed by atoms with E-state index in [1.165, 1.54) is 38.4 Å². The summed E-state index contributed by atoms with van der Waals surface area (Å²) in [5, 5.41) is 2.69. The van der Waals surface area contributed by atoms with E-state index >= 15 is 0 Å². The van der Waals surface area contributed by atoms with Gasteiger partial charge in [0.1, 0.15) is 11.0 Å². The molecular formula is C21H18ClF2N3O5S. The van der Waals surface area contributed by atoms with Gasteiger partial charge in [0, 0.05) is 30.8 Å². The van der Waals surface area contributed by atoms with Crippen molar-refractivity contribution in [3.63, 3.8) is 0 Å². The molecule has 1 saturated heterocycles. The Morgan fingerprint density at radius 2 is 1.82 bits per heavy atom. The molecule has 1 aliphatic rings. The lowest BCUT2D eigenvalue weighted by molar-refractivity contribution is -0.121. The largest absolute Gasteiger partial charge is 0.487 e. The van der Waals surface area contributed by atoms with Gasteiger partial charge < -0.3 is 14.8 Å². The maximum Gasteiger partial charge on any atom is 0.487 e. The third kappa shape index (κ3) is 6.20. The number of hydrogen-bond acceptors (Lipinski definition) is 7. The molecule has 1 N–H and O–H groups in total. The fourth-order valence-corrected chi connectivity index (χ4v) is 4.04. The average molecular weight is 498 g/mol. The number of rotatable bonds is 6. The topological polar surface area (TPSA) is 97.3 Å². The summed E-state index contributed by atoms with van der Waals surface area (Å²) in [5.41, 5.74) is -2.65. The number of thioether (sulfide) groups is 1. The summed E-state index contributed by atoms with van der Waals surface area (Å²) in [6, 6.07) is 11.5. The second-order valence-corrected chi connectivity index (χ2v) is 8.27. The van der Waals surface area contributed by atoms with Gasteiger partial charge in [-0.05, 0) is 48.5 Å². The predicted molar refractivity (Wildman–Crippen MR) is 121 cm³/mol. The van der Waals surface area contributed by atoms with E-state index in [9.17, 15) is 23.2 Å². The summed E-state index contributed by atoms with van der Waals surface area (Å²) in [6.07, 6.45) is -0.0660. The zero-order valence-electron chi connectivity index (χ0n) is 17.4. The van der Waals surface area contributed by atoms with Crippen LogP contribution in [-0.4, -0.2) is 47.9 Å². The van der Waals surface area contributed by atoms with E-state index in [0.29, 0.717) is 16.4 Å². The van der Waals surface area contributed by atoms with Gasteiger partial charge in [0.25, 0.3) is 0 Å². The number of ether oxygens (including phenoxy) is 2. The Hall–Kier alpha value is -3.18. The maximum absolute atomic E-state index is 12.9. The van der Waals surface area contributed by atoms with E-state index in [-0.39, 0.29) is 17.9 Å². The summed E-state index contributed by atoms with van der Waals surface area (Å²) in [4.78, 5) is 42.0. The van der Waals surface area contributed by atoms with Crippen LogP contribution in [0.2, 0.25) is 0 Å². The highest BCUT2D eigenvalue weighted by molar-refractivity contribution is 8.15. The minimum Gasteiger partial charge on any atom is -0.465 e. The summed E-state index contributed by atoms with van der Waals surface area (Å²) in [6.45, 7) is 0. The number of imide groups is 1. The van der Waals surface area contributed by atoms with Crippen molar-refractivity contribution < 1.29 is 32.6 Å². The lowest BCUT2D eigenvalue weighted by atomic mass is 10.2. The highest BCUT2D eigenvalue weighted by atomic mass is 35.5. The van der Waals surface area contributed by atoms with E-state index in [2.05, 4.69) is 19.8 Å². The number of halogens is 3. The van der Waals surface area contributed by atoms with Gasteiger partial charge in [-0.3, -0.25) is 14.6 Å². The maximum atomic E-state index is 12.9. The molecule has 1 aliphatic heterocycles. The molecule has 2 aromatic carbocycles. The molecule has 0 aromatic heterocycles. The highest BCUT2D eigenvalue weighted by Crippen LogP contribution is 2.33. The van der Waals surface area contributed by atoms with Crippen molar-refractivity contribution in [3.8, 4) is 5.75 Å². The Bertz CT molecular complexity index is 1070. The van der Waals surface area contributed by atoms with Gasteiger partial charge in [-0.25, -0.2) is 9.69 Å². The normalized spacial score (nSPS) is 16.7. The Morgan fingerprint density at radius 1 is 1.18 bits per heavy atom. The quantitative estimate of drug-likeness (QED) is 0.211. The number of aliphatic imine (C=N–C) groups is 1. The average Bonchev–Trinajstić information content (AvgIpc) is 3.05. The Kier molecular flexibility index (Phi) is 7.54. The first kappa shape index (κ1) is 24.5. The van der Waals surface area contributed by atoms with Crippen LogP contribution in [0.15, 0.2) is 53.5 Å². The lowest BCUT2D eigenvalue weighted by Gasteiger charge is -2.17. The first-order valence-electron chi connectivity index (χ1n) is 9.42. The molecule has 0 aliphatic carbocycles. The molecule has 1 fully saturated rings. The fourth-order valence-electron chi connectivity index (χ4n) is 2.97. The number of hydrogen-bond donors (Lipinski definition) is 1. The predicted octanol–water partition coefficient (Wildman–Crippen LogP) is 4.10. The number of alkyl halides is 3. The van der Waals surface area contributed by atoms with Crippen molar-refractivity contribution in [2.75, 3.05) is 24.4 Å². The number of nitrogens with zero attached hydrogens (tertiary/aromatic N) is 2. The van der Waals surface area contributed by atoms with E-state index in [1.54, 1.807) is 24.3 Å². The van der Waals surface area contributed by atoms with Crippen LogP contribution in [0.1, 0.15) is 16.8 Å². The first-order chi connectivity index (χ1) is 15.6. The van der Waals surface area contributed by atoms with Crippen molar-refractivity contribution in [2.45, 2.75) is 17.2 Å². The number of nitrogens with one attached hydrogen (secondary N) is 1. The number of amides is 2. The Balaban J connectivity index is 1.66. The summed E-state index contributed by atoms with van der Waals surface area (Å²) in [5.74, 6) is -1.59. The molecule has 0 saturated carbocycles. The van der Waals surface area contributed by atoms with Crippen molar-refractivity contribution >= 4 is 57.7 Å². The Morgan fingerprint density at radius 3 is 2.36 bits per heavy atom. The first-order valence-corrected chi connectivity index (χ1v) is 10.7. The lowest BCUT2D eigenvalue weighted by Crippen LogP contribution is -2.31. The van der Waals surface area contributed by atoms with Crippen LogP contribution in [0.3, 0.4) is 0 Å². The third-order valence-electron chi connectivity index (χ3n) is 4.45. The second-order valence-electron chi connectivity index (χ2n) is 6.64. The van der Waals surface area contributed by atoms with Crippen molar-refractivity contribution in [2.24, 2.45) is 4.99 Å². The van der Waals surface area contributed by atoms with Gasteiger partial charge in [0.05, 0.1) is 18.4 Å². The van der Waals surface area contributed by atoms with Gasteiger partial charge in [0.15, 0.2) is 5.17 Å². The molecule has 2 aromatic rings. The molecule has 174 valence electrons. The molecule has 1 unspecified atom stereocenters. The van der Waals surface area contributed by atoms with Crippen molar-refractivity contribution in [3.05, 3.63) is 54.1 Å². The molecule has 0 spiro atoms. The van der Waals surface area contributed by atoms with Gasteiger partial charge in [-0.2, -0.15) is 0 Å². The standard InChI is InChI=1S/C21H18ClF2N3O5S/c1-25-20(26-13-5-3-12(4-6-13)19(30)31-2)33-16-11-17(28)27(18(16)29)14-7-9-15(10-8-14)32-21(22,23)24/h3-10,16H,11H2,1-2H3,(H,25,26). The van der Waals surface area contributed by atoms with Gasteiger partial charge in [-0.1, -0.05) is 11.8 Å². The Labute approximate surface area is 196 Å². The number of anilines is 2. The van der Waals surface area contributed by atoms with Crippen LogP contribution in [0, 0.1) is 0 Å². The van der Waals surface area contributed by atoms with Gasteiger partial charge >= 0.3 is 11.5 Å². The van der Waals surface area contributed by atoms with Crippen LogP contribution in [0.4, 0.5) is 20.2 Å². The number of carbonyl (C=O) groups excluding carboxylic acids is 3. The minimum absolute atomic E-state index is 0.0660. The highest BCUT2D eigenvalue weighted by Gasteiger charge is 2.41. The fraction of sp³-hybridized carbons (Fsp3) is 0.238. The van der Waals surface area contributed by atoms with E-state index in [0.717, 1.165) is 16.7 Å². The molecule has 12 heteroatoms. The van der Waals surface area contributed by atoms with Crippen LogP contribution in [-0.2, 0) is 14.3 Å². The molecule has 2 amide bonds. The van der Waals surface area contributed by atoms with Crippen LogP contribution in [0.25, 0.3) is 0 Å². The molecule has 3 rings (SSSR count). The van der Waals surface area contributed by atoms with Crippen LogP contribution >= 0.6 is 23.4 Å². The van der Waals surface area contributed by atoms with Gasteiger partial charge in [0.2, 0.25) is 11.8 Å². The minimum atomic E-state index is -3.87. The molecule has 8 nitrogen and oxygen atoms in total. The second kappa shape index (κ2) is 10.2. The summed E-state index contributed by atoms with van der Waals surface area (Å²) < 4.78 is 34.4. The number of benzene rings is 2. The number of esters is 1. The van der Waals surface area contributed by atoms with Crippen molar-refractivity contribution in [1.29, 1.82) is 0 Å². The van der Waals surface area contributed by atoms with Gasteiger partial charge in [-0.15, -0.1) is 8.78 Å². The SMILES string of the molecule is CN=C(Nc1ccc(C(=O)OC)cc1)SC1CC(=O)N(c2ccc(OC(F)(F)Cl)cc2)C1=O. The molecule has 0 bridgehead atoms. The number of methoxy groups -OCH3 is 1. The molecular weight excluding hydrogens is 480 g/mol. The van der Waals surface area contributed by atoms with E-state index in [1.807, 2.05) is 0 Å². The number of carbonyl (C=O) groups is 3. The summed E-state index contributed by atoms with van der Waals surface area (Å²) >= 11 is 5.81. The van der Waals surface area contributed by atoms with Crippen LogP contribution in [0.5, 0.6) is 5.75 Å². The monoisotopic (exact) mass is 497 g/mol. The molecule has 33 heavy (non-hydrogen) atoms. The molecule has 1 atom stereocenters. The molecule has 0 radical (unpaired) electrons. The van der Waals surface area contributed by atoms with E-state index < -0.39 is 28.6 Å². The third-order valence-corrected chi connectivity index (χ3v) is 5.69. The molecule has 1 heterocycles. The number of amidine groups is 1.